The van der Waals surface area contributed by atoms with Gasteiger partial charge in [0.1, 0.15) is 23.3 Å². The van der Waals surface area contributed by atoms with Gasteiger partial charge in [-0.05, 0) is 86.7 Å². The number of nitrogens with zero attached hydrogens (tertiary/aromatic N) is 2. The molecule has 2 aromatic heterocycles. The highest BCUT2D eigenvalue weighted by Crippen LogP contribution is 2.43. The minimum atomic E-state index is -0.379. The fourth-order valence-electron chi connectivity index (χ4n) is 4.43. The number of methoxy groups -OCH3 is 1. The van der Waals surface area contributed by atoms with Gasteiger partial charge in [-0.15, -0.1) is 0 Å². The van der Waals surface area contributed by atoms with Crippen LogP contribution in [-0.4, -0.2) is 29.3 Å². The number of thiocarbonyl (C=S) groups is 1. The molecular weight excluding hydrogens is 486 g/mol. The number of anilines is 1. The smallest absolute Gasteiger partial charge is 0.337 e. The Morgan fingerprint density at radius 1 is 1.03 bits per heavy atom. The first-order valence-electron chi connectivity index (χ1n) is 12.0. The molecule has 0 spiro atoms. The third-order valence-corrected chi connectivity index (χ3v) is 6.41. The number of esters is 1. The van der Waals surface area contributed by atoms with E-state index in [1.54, 1.807) is 18.3 Å². The summed E-state index contributed by atoms with van der Waals surface area (Å²) < 4.78 is 17.0. The molecular formula is C29H27N3O4S. The molecule has 3 heterocycles. The molecule has 5 rings (SSSR count). The van der Waals surface area contributed by atoms with Crippen LogP contribution in [0.1, 0.15) is 47.7 Å². The van der Waals surface area contributed by atoms with Crippen LogP contribution >= 0.6 is 12.2 Å². The molecule has 37 heavy (non-hydrogen) atoms. The fraction of sp³-hybridized carbons (Fsp3) is 0.207. The van der Waals surface area contributed by atoms with Crippen LogP contribution in [0.15, 0.2) is 89.5 Å². The van der Waals surface area contributed by atoms with E-state index in [1.807, 2.05) is 80.6 Å². The molecule has 0 amide bonds. The number of benzene rings is 2. The Hall–Kier alpha value is -4.17. The van der Waals surface area contributed by atoms with E-state index in [0.29, 0.717) is 16.4 Å². The van der Waals surface area contributed by atoms with E-state index in [-0.39, 0.29) is 24.2 Å². The van der Waals surface area contributed by atoms with Gasteiger partial charge in [0.25, 0.3) is 0 Å². The van der Waals surface area contributed by atoms with Crippen LogP contribution in [0.25, 0.3) is 11.3 Å². The molecule has 2 atom stereocenters. The number of pyridine rings is 1. The second kappa shape index (κ2) is 10.4. The molecule has 2 aromatic carbocycles. The summed E-state index contributed by atoms with van der Waals surface area (Å²) in [6.07, 6.45) is 1.86. The molecule has 7 nitrogen and oxygen atoms in total. The number of furan rings is 1. The Kier molecular flexibility index (Phi) is 6.92. The van der Waals surface area contributed by atoms with Crippen LogP contribution < -0.4 is 15.0 Å². The second-order valence-corrected chi connectivity index (χ2v) is 9.31. The van der Waals surface area contributed by atoms with Crippen LogP contribution in [0.5, 0.6) is 5.75 Å². The maximum absolute atomic E-state index is 11.8. The van der Waals surface area contributed by atoms with Crippen molar-refractivity contribution >= 4 is 29.0 Å². The normalized spacial score (nSPS) is 17.1. The third-order valence-electron chi connectivity index (χ3n) is 6.09. The van der Waals surface area contributed by atoms with Crippen LogP contribution in [0.4, 0.5) is 5.69 Å². The van der Waals surface area contributed by atoms with Gasteiger partial charge in [0.2, 0.25) is 0 Å². The van der Waals surface area contributed by atoms with Gasteiger partial charge in [0, 0.05) is 17.4 Å². The van der Waals surface area contributed by atoms with Crippen molar-refractivity contribution in [3.63, 3.8) is 0 Å². The lowest BCUT2D eigenvalue weighted by atomic mass is 10.0. The molecule has 1 aliphatic heterocycles. The van der Waals surface area contributed by atoms with Crippen LogP contribution in [0, 0.1) is 0 Å². The summed E-state index contributed by atoms with van der Waals surface area (Å²) in [5.74, 6) is 1.84. The van der Waals surface area contributed by atoms with Crippen molar-refractivity contribution in [2.45, 2.75) is 32.0 Å². The van der Waals surface area contributed by atoms with Crippen LogP contribution in [-0.2, 0) is 4.74 Å². The van der Waals surface area contributed by atoms with Gasteiger partial charge in [-0.2, -0.15) is 0 Å². The number of ether oxygens (including phenoxy) is 2. The minimum Gasteiger partial charge on any atom is -0.491 e. The number of aromatic nitrogens is 1. The van der Waals surface area contributed by atoms with E-state index in [2.05, 4.69) is 15.2 Å². The molecule has 1 fully saturated rings. The Balaban J connectivity index is 1.51. The highest BCUT2D eigenvalue weighted by Gasteiger charge is 2.42. The van der Waals surface area contributed by atoms with Gasteiger partial charge in [0.05, 0.1) is 30.5 Å². The summed E-state index contributed by atoms with van der Waals surface area (Å²) in [5.41, 5.74) is 3.10. The standard InChI is InChI=1S/C29H27N3O4S/c1-18(2)35-22-13-11-21(12-14-22)32-27(26(31-29(32)37)23-6-4-5-17-30-23)25-16-15-24(36-25)19-7-9-20(10-8-19)28(33)34-3/h4-18,26-27H,1-3H3,(H,31,37)/t26-,27+/m0/s1. The van der Waals surface area contributed by atoms with Gasteiger partial charge < -0.3 is 24.1 Å². The summed E-state index contributed by atoms with van der Waals surface area (Å²) in [5, 5.41) is 4.02. The quantitative estimate of drug-likeness (QED) is 0.235. The maximum atomic E-state index is 11.8. The van der Waals surface area contributed by atoms with E-state index in [4.69, 9.17) is 26.1 Å². The Bertz CT molecular complexity index is 1380. The van der Waals surface area contributed by atoms with Gasteiger partial charge >= 0.3 is 5.97 Å². The van der Waals surface area contributed by atoms with Gasteiger partial charge in [-0.25, -0.2) is 4.79 Å². The first-order valence-corrected chi connectivity index (χ1v) is 12.4. The Morgan fingerprint density at radius 3 is 2.43 bits per heavy atom. The van der Waals surface area contributed by atoms with Crippen LogP contribution in [0.3, 0.4) is 0 Å². The lowest BCUT2D eigenvalue weighted by molar-refractivity contribution is 0.0600. The minimum absolute atomic E-state index is 0.0879. The molecule has 0 saturated carbocycles. The molecule has 8 heteroatoms. The van der Waals surface area contributed by atoms with Crippen molar-refractivity contribution in [3.05, 3.63) is 102 Å². The van der Waals surface area contributed by atoms with Crippen molar-refractivity contribution < 1.29 is 18.7 Å². The maximum Gasteiger partial charge on any atom is 0.337 e. The number of hydrogen-bond donors (Lipinski definition) is 1. The predicted molar refractivity (Wildman–Crippen MR) is 146 cm³/mol. The molecule has 1 saturated heterocycles. The molecule has 0 bridgehead atoms. The van der Waals surface area contributed by atoms with E-state index >= 15 is 0 Å². The average molecular weight is 514 g/mol. The van der Waals surface area contributed by atoms with Crippen molar-refractivity contribution in [1.82, 2.24) is 10.3 Å². The lowest BCUT2D eigenvalue weighted by Crippen LogP contribution is -2.29. The number of carbonyl (C=O) groups is 1. The molecule has 1 aliphatic rings. The summed E-state index contributed by atoms with van der Waals surface area (Å²) in [7, 11) is 1.36. The summed E-state index contributed by atoms with van der Waals surface area (Å²) in [6, 6.07) is 24.2. The van der Waals surface area contributed by atoms with Crippen molar-refractivity contribution in [2.24, 2.45) is 0 Å². The van der Waals surface area contributed by atoms with Crippen LogP contribution in [0.2, 0.25) is 0 Å². The number of hydrogen-bond acceptors (Lipinski definition) is 6. The predicted octanol–water partition coefficient (Wildman–Crippen LogP) is 6.09. The fourth-order valence-corrected chi connectivity index (χ4v) is 4.78. The Morgan fingerprint density at radius 2 is 1.78 bits per heavy atom. The van der Waals surface area contributed by atoms with E-state index in [0.717, 1.165) is 28.5 Å². The second-order valence-electron chi connectivity index (χ2n) is 8.93. The number of rotatable bonds is 7. The third kappa shape index (κ3) is 5.06. The summed E-state index contributed by atoms with van der Waals surface area (Å²) >= 11 is 5.80. The van der Waals surface area contributed by atoms with Gasteiger partial charge in [-0.3, -0.25) is 4.98 Å². The first-order chi connectivity index (χ1) is 17.9. The number of nitrogens with one attached hydrogen (secondary N) is 1. The highest BCUT2D eigenvalue weighted by molar-refractivity contribution is 7.80. The molecule has 0 radical (unpaired) electrons. The zero-order valence-electron chi connectivity index (χ0n) is 20.8. The molecule has 0 unspecified atom stereocenters. The zero-order valence-corrected chi connectivity index (χ0v) is 21.6. The SMILES string of the molecule is COC(=O)c1ccc(-c2ccc([C@@H]3[C@H](c4ccccn4)NC(=S)N3c3ccc(OC(C)C)cc3)o2)cc1. The summed E-state index contributed by atoms with van der Waals surface area (Å²) in [6.45, 7) is 4.00. The Labute approximate surface area is 221 Å². The van der Waals surface area contributed by atoms with Gasteiger partial charge in [-0.1, -0.05) is 18.2 Å². The molecule has 188 valence electrons. The van der Waals surface area contributed by atoms with Crippen molar-refractivity contribution in [3.8, 4) is 17.1 Å². The lowest BCUT2D eigenvalue weighted by Gasteiger charge is -2.26. The van der Waals surface area contributed by atoms with Gasteiger partial charge in [0.15, 0.2) is 5.11 Å². The topological polar surface area (TPSA) is 76.8 Å². The summed E-state index contributed by atoms with van der Waals surface area (Å²) in [4.78, 5) is 18.4. The van der Waals surface area contributed by atoms with E-state index in [1.165, 1.54) is 7.11 Å². The molecule has 4 aromatic rings. The number of carbonyl (C=O) groups excluding carboxylic acids is 1. The van der Waals surface area contributed by atoms with Crippen molar-refractivity contribution in [2.75, 3.05) is 12.0 Å². The van der Waals surface area contributed by atoms with E-state index in [9.17, 15) is 4.79 Å². The highest BCUT2D eigenvalue weighted by atomic mass is 32.1. The van der Waals surface area contributed by atoms with E-state index < -0.39 is 0 Å². The largest absolute Gasteiger partial charge is 0.491 e. The monoisotopic (exact) mass is 513 g/mol. The average Bonchev–Trinajstić information content (AvgIpc) is 3.54. The molecule has 1 N–H and O–H groups in total. The molecule has 0 aliphatic carbocycles. The van der Waals surface area contributed by atoms with Crippen molar-refractivity contribution in [1.29, 1.82) is 0 Å². The first kappa shape index (κ1) is 24.5. The zero-order chi connectivity index (χ0) is 25.9.